The van der Waals surface area contributed by atoms with Crippen LogP contribution in [0.1, 0.15) is 5.56 Å². The summed E-state index contributed by atoms with van der Waals surface area (Å²) in [5, 5.41) is 2.37. The van der Waals surface area contributed by atoms with Crippen LogP contribution in [-0.4, -0.2) is 24.5 Å². The average molecular weight is 642 g/mol. The van der Waals surface area contributed by atoms with Crippen molar-refractivity contribution in [1.82, 2.24) is 24.5 Å². The summed E-state index contributed by atoms with van der Waals surface area (Å²) in [5.41, 5.74) is 11.7. The van der Waals surface area contributed by atoms with Gasteiger partial charge in [-0.05, 0) is 65.6 Å². The van der Waals surface area contributed by atoms with E-state index in [4.69, 9.17) is 15.0 Å². The molecule has 0 aliphatic rings. The maximum Gasteiger partial charge on any atom is 0.166 e. The molecule has 236 valence electrons. The summed E-state index contributed by atoms with van der Waals surface area (Å²) in [6.07, 6.45) is 3.67. The van der Waals surface area contributed by atoms with E-state index in [0.717, 1.165) is 50.1 Å². The minimum Gasteiger partial charge on any atom is -0.308 e. The molecule has 9 aromatic rings. The molecule has 3 aromatic heterocycles. The van der Waals surface area contributed by atoms with Crippen molar-refractivity contribution in [3.8, 4) is 62.1 Å². The summed E-state index contributed by atoms with van der Waals surface area (Å²) in [4.78, 5) is 19.6. The maximum atomic E-state index is 5.16. The summed E-state index contributed by atoms with van der Waals surface area (Å²) in [7, 11) is 0. The number of aryl methyl sites for hydroxylation is 1. The van der Waals surface area contributed by atoms with Crippen molar-refractivity contribution in [3.05, 3.63) is 176 Å². The van der Waals surface area contributed by atoms with Crippen molar-refractivity contribution in [2.45, 2.75) is 6.92 Å². The molecule has 0 fully saturated rings. The summed E-state index contributed by atoms with van der Waals surface area (Å²) < 4.78 is 2.37. The number of hydrogen-bond acceptors (Lipinski definition) is 4. The average Bonchev–Trinajstić information content (AvgIpc) is 3.52. The molecule has 0 amide bonds. The predicted molar refractivity (Wildman–Crippen MR) is 204 cm³/mol. The van der Waals surface area contributed by atoms with Crippen molar-refractivity contribution in [2.24, 2.45) is 0 Å². The third kappa shape index (κ3) is 5.31. The van der Waals surface area contributed by atoms with Gasteiger partial charge in [-0.2, -0.15) is 0 Å². The monoisotopic (exact) mass is 641 g/mol. The van der Waals surface area contributed by atoms with Crippen LogP contribution in [0.5, 0.6) is 0 Å². The fourth-order valence-electron chi connectivity index (χ4n) is 6.79. The van der Waals surface area contributed by atoms with E-state index < -0.39 is 0 Å². The number of aromatic nitrogens is 5. The van der Waals surface area contributed by atoms with E-state index in [1.165, 1.54) is 21.9 Å². The highest BCUT2D eigenvalue weighted by atomic mass is 15.1. The molecule has 5 nitrogen and oxygen atoms in total. The quantitative estimate of drug-likeness (QED) is 0.181. The normalized spacial score (nSPS) is 11.3. The molecule has 0 saturated carbocycles. The Kier molecular flexibility index (Phi) is 7.29. The van der Waals surface area contributed by atoms with E-state index >= 15 is 0 Å². The summed E-state index contributed by atoms with van der Waals surface area (Å²) in [6, 6.07) is 55.0. The number of hydrogen-bond donors (Lipinski definition) is 0. The molecule has 0 N–H and O–H groups in total. The molecule has 0 unspecified atom stereocenters. The van der Waals surface area contributed by atoms with E-state index in [2.05, 4.69) is 101 Å². The molecule has 0 atom stereocenters. The summed E-state index contributed by atoms with van der Waals surface area (Å²) >= 11 is 0. The zero-order chi connectivity index (χ0) is 33.4. The SMILES string of the molecule is Cc1cccc(-c2ccc3c4ccccc4n(-c4cc(-c5ccncc5)ccc4-c4nc(-c5ccccc5)nc(-c5ccccc5)n4)c3c2)c1. The van der Waals surface area contributed by atoms with Crippen molar-refractivity contribution < 1.29 is 0 Å². The second-order valence-electron chi connectivity index (χ2n) is 12.5. The Morgan fingerprint density at radius 3 is 1.70 bits per heavy atom. The van der Waals surface area contributed by atoms with Gasteiger partial charge in [0.1, 0.15) is 0 Å². The van der Waals surface area contributed by atoms with Gasteiger partial charge >= 0.3 is 0 Å². The van der Waals surface area contributed by atoms with Crippen LogP contribution in [0, 0.1) is 6.92 Å². The molecule has 6 aromatic carbocycles. The molecule has 0 spiro atoms. The first-order chi connectivity index (χ1) is 24.7. The number of pyridine rings is 1. The van der Waals surface area contributed by atoms with Crippen LogP contribution >= 0.6 is 0 Å². The number of benzene rings is 6. The lowest BCUT2D eigenvalue weighted by molar-refractivity contribution is 1.06. The maximum absolute atomic E-state index is 5.16. The Hall–Kier alpha value is -6.72. The van der Waals surface area contributed by atoms with Gasteiger partial charge in [0.2, 0.25) is 0 Å². The van der Waals surface area contributed by atoms with E-state index in [1.807, 2.05) is 85.2 Å². The molecule has 0 saturated heterocycles. The highest BCUT2D eigenvalue weighted by Crippen LogP contribution is 2.39. The second-order valence-corrected chi connectivity index (χ2v) is 12.5. The Morgan fingerprint density at radius 1 is 0.400 bits per heavy atom. The number of nitrogens with zero attached hydrogens (tertiary/aromatic N) is 5. The molecule has 50 heavy (non-hydrogen) atoms. The first kappa shape index (κ1) is 29.4. The topological polar surface area (TPSA) is 56.5 Å². The fraction of sp³-hybridized carbons (Fsp3) is 0.0222. The van der Waals surface area contributed by atoms with E-state index in [-0.39, 0.29) is 0 Å². The van der Waals surface area contributed by atoms with E-state index in [9.17, 15) is 0 Å². The minimum atomic E-state index is 0.606. The van der Waals surface area contributed by atoms with Gasteiger partial charge in [-0.1, -0.05) is 127 Å². The van der Waals surface area contributed by atoms with E-state index in [0.29, 0.717) is 17.5 Å². The van der Waals surface area contributed by atoms with Gasteiger partial charge < -0.3 is 4.57 Å². The third-order valence-electron chi connectivity index (χ3n) is 9.22. The standard InChI is InChI=1S/C45H31N5/c1-30-11-10-16-34(27-30)36-19-21-38-37-17-8-9-18-40(37)50(41(38)29-36)42-28-35(31-23-25-46-26-24-31)20-22-39(42)45-48-43(32-12-4-2-5-13-32)47-44(49-45)33-14-6-3-7-15-33/h2-29H,1H3. The van der Waals surface area contributed by atoms with Crippen molar-refractivity contribution >= 4 is 21.8 Å². The van der Waals surface area contributed by atoms with Crippen LogP contribution in [-0.2, 0) is 0 Å². The van der Waals surface area contributed by atoms with Crippen LogP contribution in [0.2, 0.25) is 0 Å². The van der Waals surface area contributed by atoms with Crippen LogP contribution in [0.4, 0.5) is 0 Å². The van der Waals surface area contributed by atoms with Gasteiger partial charge in [-0.3, -0.25) is 4.98 Å². The Bertz CT molecular complexity index is 2590. The minimum absolute atomic E-state index is 0.606. The van der Waals surface area contributed by atoms with Crippen LogP contribution in [0.15, 0.2) is 170 Å². The zero-order valence-electron chi connectivity index (χ0n) is 27.4. The molecule has 0 aliphatic carbocycles. The van der Waals surface area contributed by atoms with Crippen LogP contribution in [0.25, 0.3) is 83.9 Å². The third-order valence-corrected chi connectivity index (χ3v) is 9.22. The molecule has 0 radical (unpaired) electrons. The lowest BCUT2D eigenvalue weighted by atomic mass is 10.0. The Labute approximate surface area is 290 Å². The fourth-order valence-corrected chi connectivity index (χ4v) is 6.79. The number of rotatable bonds is 6. The van der Waals surface area contributed by atoms with Gasteiger partial charge in [0.05, 0.1) is 16.7 Å². The number of fused-ring (bicyclic) bond motifs is 3. The highest BCUT2D eigenvalue weighted by molar-refractivity contribution is 6.10. The highest BCUT2D eigenvalue weighted by Gasteiger charge is 2.20. The Balaban J connectivity index is 1.36. The first-order valence-corrected chi connectivity index (χ1v) is 16.7. The molecule has 5 heteroatoms. The van der Waals surface area contributed by atoms with E-state index in [1.54, 1.807) is 0 Å². The summed E-state index contributed by atoms with van der Waals surface area (Å²) in [6.45, 7) is 2.14. The molecule has 3 heterocycles. The largest absolute Gasteiger partial charge is 0.308 e. The molecular formula is C45H31N5. The van der Waals surface area contributed by atoms with Gasteiger partial charge in [-0.15, -0.1) is 0 Å². The first-order valence-electron chi connectivity index (χ1n) is 16.7. The van der Waals surface area contributed by atoms with Crippen molar-refractivity contribution in [1.29, 1.82) is 0 Å². The molecule has 0 bridgehead atoms. The summed E-state index contributed by atoms with van der Waals surface area (Å²) in [5.74, 6) is 1.86. The van der Waals surface area contributed by atoms with Crippen molar-refractivity contribution in [3.63, 3.8) is 0 Å². The second kappa shape index (κ2) is 12.4. The zero-order valence-corrected chi connectivity index (χ0v) is 27.4. The van der Waals surface area contributed by atoms with Crippen LogP contribution < -0.4 is 0 Å². The smallest absolute Gasteiger partial charge is 0.166 e. The molecular weight excluding hydrogens is 611 g/mol. The van der Waals surface area contributed by atoms with Gasteiger partial charge in [0.25, 0.3) is 0 Å². The van der Waals surface area contributed by atoms with Gasteiger partial charge in [-0.25, -0.2) is 15.0 Å². The van der Waals surface area contributed by atoms with Gasteiger partial charge in [0, 0.05) is 39.9 Å². The van der Waals surface area contributed by atoms with Crippen molar-refractivity contribution in [2.75, 3.05) is 0 Å². The Morgan fingerprint density at radius 2 is 0.980 bits per heavy atom. The lowest BCUT2D eigenvalue weighted by Crippen LogP contribution is -2.04. The predicted octanol–water partition coefficient (Wildman–Crippen LogP) is 11.0. The van der Waals surface area contributed by atoms with Crippen LogP contribution in [0.3, 0.4) is 0 Å². The number of para-hydroxylation sites is 1. The lowest BCUT2D eigenvalue weighted by Gasteiger charge is -2.17. The molecule has 9 rings (SSSR count). The van der Waals surface area contributed by atoms with Gasteiger partial charge in [0.15, 0.2) is 17.5 Å². The molecule has 0 aliphatic heterocycles.